The first-order valence-electron chi connectivity index (χ1n) is 6.11. The monoisotopic (exact) mass is 251 g/mol. The zero-order valence-electron chi connectivity index (χ0n) is 10.4. The molecule has 1 aromatic rings. The highest BCUT2D eigenvalue weighted by molar-refractivity contribution is 5.95. The Bertz CT molecular complexity index is 446. The van der Waals surface area contributed by atoms with E-state index in [1.165, 1.54) is 24.6 Å². The van der Waals surface area contributed by atoms with E-state index in [0.29, 0.717) is 24.0 Å². The number of halogens is 1. The number of hydrogen-bond acceptors (Lipinski definition) is 3. The van der Waals surface area contributed by atoms with Gasteiger partial charge in [-0.2, -0.15) is 0 Å². The van der Waals surface area contributed by atoms with E-state index >= 15 is 0 Å². The second kappa shape index (κ2) is 5.35. The summed E-state index contributed by atoms with van der Waals surface area (Å²) in [6.45, 7) is 0.306. The zero-order chi connectivity index (χ0) is 13.1. The van der Waals surface area contributed by atoms with Crippen LogP contribution in [0.3, 0.4) is 0 Å². The number of benzene rings is 1. The number of nitrogens with zero attached hydrogens (tertiary/aromatic N) is 1. The molecule has 0 aromatic heterocycles. The van der Waals surface area contributed by atoms with Gasteiger partial charge in [-0.15, -0.1) is 0 Å². The first kappa shape index (κ1) is 12.8. The Balaban J connectivity index is 1.91. The average molecular weight is 251 g/mol. The van der Waals surface area contributed by atoms with Crippen LogP contribution in [0.2, 0.25) is 0 Å². The maximum Gasteiger partial charge on any atom is 0.238 e. The fourth-order valence-corrected chi connectivity index (χ4v) is 2.01. The molecule has 0 atom stereocenters. The molecular weight excluding hydrogens is 233 g/mol. The van der Waals surface area contributed by atoms with Gasteiger partial charge in [0.05, 0.1) is 17.9 Å². The van der Waals surface area contributed by atoms with Crippen molar-refractivity contribution < 1.29 is 9.18 Å². The highest BCUT2D eigenvalue weighted by atomic mass is 19.1. The van der Waals surface area contributed by atoms with Gasteiger partial charge in [0.1, 0.15) is 5.82 Å². The summed E-state index contributed by atoms with van der Waals surface area (Å²) in [4.78, 5) is 13.8. The number of likely N-dealkylation sites (N-methyl/N-ethyl adjacent to an activating group) is 1. The van der Waals surface area contributed by atoms with Crippen LogP contribution >= 0.6 is 0 Å². The van der Waals surface area contributed by atoms with Crippen LogP contribution in [-0.2, 0) is 4.79 Å². The van der Waals surface area contributed by atoms with Gasteiger partial charge in [0, 0.05) is 6.04 Å². The number of carbonyl (C=O) groups is 1. The molecule has 0 spiro atoms. The van der Waals surface area contributed by atoms with E-state index in [4.69, 9.17) is 5.73 Å². The molecule has 5 heteroatoms. The molecule has 0 radical (unpaired) electrons. The van der Waals surface area contributed by atoms with Gasteiger partial charge in [-0.1, -0.05) is 6.42 Å². The number of hydrogen-bond donors (Lipinski definition) is 2. The summed E-state index contributed by atoms with van der Waals surface area (Å²) < 4.78 is 13.0. The van der Waals surface area contributed by atoms with Gasteiger partial charge in [0.2, 0.25) is 5.91 Å². The molecule has 2 rings (SSSR count). The molecule has 98 valence electrons. The van der Waals surface area contributed by atoms with Gasteiger partial charge < -0.3 is 11.1 Å². The van der Waals surface area contributed by atoms with Gasteiger partial charge >= 0.3 is 0 Å². The number of nitrogens with two attached hydrogens (primary N) is 1. The van der Waals surface area contributed by atoms with E-state index in [1.807, 2.05) is 11.9 Å². The van der Waals surface area contributed by atoms with Gasteiger partial charge in [-0.3, -0.25) is 9.69 Å². The van der Waals surface area contributed by atoms with Crippen molar-refractivity contribution in [1.29, 1.82) is 0 Å². The minimum absolute atomic E-state index is 0.165. The summed E-state index contributed by atoms with van der Waals surface area (Å²) in [6, 6.07) is 4.45. The first-order chi connectivity index (χ1) is 8.56. The van der Waals surface area contributed by atoms with E-state index in [-0.39, 0.29) is 5.91 Å². The van der Waals surface area contributed by atoms with Crippen LogP contribution in [0.5, 0.6) is 0 Å². The molecule has 1 fully saturated rings. The third-order valence-corrected chi connectivity index (χ3v) is 3.38. The van der Waals surface area contributed by atoms with Crippen LogP contribution in [0.1, 0.15) is 19.3 Å². The Hall–Kier alpha value is -1.62. The predicted molar refractivity (Wildman–Crippen MR) is 69.7 cm³/mol. The Morgan fingerprint density at radius 1 is 1.56 bits per heavy atom. The van der Waals surface area contributed by atoms with Crippen LogP contribution in [0.4, 0.5) is 15.8 Å². The molecule has 18 heavy (non-hydrogen) atoms. The van der Waals surface area contributed by atoms with E-state index < -0.39 is 5.82 Å². The quantitative estimate of drug-likeness (QED) is 0.803. The molecule has 1 saturated carbocycles. The molecule has 0 aliphatic heterocycles. The SMILES string of the molecule is CN(CC(=O)Nc1cc(F)ccc1N)C1CCC1. The van der Waals surface area contributed by atoms with Crippen molar-refractivity contribution in [2.75, 3.05) is 24.6 Å². The Morgan fingerprint density at radius 2 is 2.28 bits per heavy atom. The van der Waals surface area contributed by atoms with Crippen molar-refractivity contribution >= 4 is 17.3 Å². The average Bonchev–Trinajstić information content (AvgIpc) is 2.20. The molecule has 4 nitrogen and oxygen atoms in total. The molecule has 1 aliphatic carbocycles. The van der Waals surface area contributed by atoms with Crippen molar-refractivity contribution in [3.63, 3.8) is 0 Å². The second-order valence-electron chi connectivity index (χ2n) is 4.78. The zero-order valence-corrected chi connectivity index (χ0v) is 10.4. The van der Waals surface area contributed by atoms with Crippen molar-refractivity contribution in [3.8, 4) is 0 Å². The molecular formula is C13H18FN3O. The fraction of sp³-hybridized carbons (Fsp3) is 0.462. The van der Waals surface area contributed by atoms with E-state index in [9.17, 15) is 9.18 Å². The number of carbonyl (C=O) groups excluding carboxylic acids is 1. The third-order valence-electron chi connectivity index (χ3n) is 3.38. The minimum atomic E-state index is -0.410. The van der Waals surface area contributed by atoms with E-state index in [2.05, 4.69) is 5.32 Å². The largest absolute Gasteiger partial charge is 0.397 e. The lowest BCUT2D eigenvalue weighted by Gasteiger charge is -2.34. The highest BCUT2D eigenvalue weighted by Crippen LogP contribution is 2.23. The number of nitrogen functional groups attached to an aromatic ring is 1. The standard InChI is InChI=1S/C13H18FN3O/c1-17(10-3-2-4-10)8-13(18)16-12-7-9(14)5-6-11(12)15/h5-7,10H,2-4,8,15H2,1H3,(H,16,18). The summed E-state index contributed by atoms with van der Waals surface area (Å²) in [7, 11) is 1.93. The third kappa shape index (κ3) is 2.98. The van der Waals surface area contributed by atoms with Crippen LogP contribution in [0.25, 0.3) is 0 Å². The summed E-state index contributed by atoms with van der Waals surface area (Å²) in [5, 5.41) is 2.64. The molecule has 1 aliphatic rings. The minimum Gasteiger partial charge on any atom is -0.397 e. The van der Waals surface area contributed by atoms with Crippen LogP contribution < -0.4 is 11.1 Å². The fourth-order valence-electron chi connectivity index (χ4n) is 2.01. The lowest BCUT2D eigenvalue weighted by Crippen LogP contribution is -2.41. The van der Waals surface area contributed by atoms with Gasteiger partial charge in [0.15, 0.2) is 0 Å². The van der Waals surface area contributed by atoms with Gasteiger partial charge in [0.25, 0.3) is 0 Å². The number of nitrogens with one attached hydrogen (secondary N) is 1. The number of rotatable bonds is 4. The molecule has 3 N–H and O–H groups in total. The predicted octanol–water partition coefficient (Wildman–Crippen LogP) is 1.83. The Morgan fingerprint density at radius 3 is 2.89 bits per heavy atom. The maximum absolute atomic E-state index is 13.0. The molecule has 0 saturated heterocycles. The second-order valence-corrected chi connectivity index (χ2v) is 4.78. The van der Waals surface area contributed by atoms with E-state index in [1.54, 1.807) is 0 Å². The Kier molecular flexibility index (Phi) is 3.81. The number of anilines is 2. The van der Waals surface area contributed by atoms with Crippen molar-refractivity contribution in [1.82, 2.24) is 4.90 Å². The molecule has 1 amide bonds. The highest BCUT2D eigenvalue weighted by Gasteiger charge is 2.23. The van der Waals surface area contributed by atoms with Crippen molar-refractivity contribution in [2.45, 2.75) is 25.3 Å². The molecule has 0 unspecified atom stereocenters. The summed E-state index contributed by atoms with van der Waals surface area (Å²) in [6.07, 6.45) is 3.52. The summed E-state index contributed by atoms with van der Waals surface area (Å²) >= 11 is 0. The molecule has 0 heterocycles. The van der Waals surface area contributed by atoms with Crippen molar-refractivity contribution in [2.24, 2.45) is 0 Å². The summed E-state index contributed by atoms with van der Waals surface area (Å²) in [5.74, 6) is -0.575. The van der Waals surface area contributed by atoms with Crippen LogP contribution in [0, 0.1) is 5.82 Å². The van der Waals surface area contributed by atoms with E-state index in [0.717, 1.165) is 12.8 Å². The van der Waals surface area contributed by atoms with Crippen LogP contribution in [-0.4, -0.2) is 30.4 Å². The lowest BCUT2D eigenvalue weighted by atomic mass is 9.92. The van der Waals surface area contributed by atoms with Crippen molar-refractivity contribution in [3.05, 3.63) is 24.0 Å². The van der Waals surface area contributed by atoms with Gasteiger partial charge in [-0.25, -0.2) is 4.39 Å². The Labute approximate surface area is 106 Å². The lowest BCUT2D eigenvalue weighted by molar-refractivity contribution is -0.117. The first-order valence-corrected chi connectivity index (χ1v) is 6.11. The number of amides is 1. The topological polar surface area (TPSA) is 58.4 Å². The molecule has 1 aromatic carbocycles. The normalized spacial score (nSPS) is 15.5. The maximum atomic E-state index is 13.0. The summed E-state index contributed by atoms with van der Waals surface area (Å²) in [5.41, 5.74) is 6.38. The smallest absolute Gasteiger partial charge is 0.238 e. The van der Waals surface area contributed by atoms with Gasteiger partial charge in [-0.05, 0) is 38.1 Å². The van der Waals surface area contributed by atoms with Crippen LogP contribution in [0.15, 0.2) is 18.2 Å². The molecule has 0 bridgehead atoms.